The quantitative estimate of drug-likeness (QED) is 0.842. The van der Waals surface area contributed by atoms with Crippen LogP contribution in [0.3, 0.4) is 0 Å². The zero-order valence-corrected chi connectivity index (χ0v) is 14.7. The predicted octanol–water partition coefficient (Wildman–Crippen LogP) is 2.06. The van der Waals surface area contributed by atoms with Crippen molar-refractivity contribution in [3.05, 3.63) is 27.7 Å². The van der Waals surface area contributed by atoms with Crippen molar-refractivity contribution >= 4 is 26.0 Å². The SMILES string of the molecule is Cc1c(Br)cc(CN)cc1S(=O)(=O)NC1(C)CCOCC1. The van der Waals surface area contributed by atoms with E-state index in [2.05, 4.69) is 20.7 Å². The average Bonchev–Trinajstić information content (AvgIpc) is 2.41. The van der Waals surface area contributed by atoms with Crippen LogP contribution in [-0.4, -0.2) is 27.2 Å². The van der Waals surface area contributed by atoms with Gasteiger partial charge in [-0.15, -0.1) is 0 Å². The first-order chi connectivity index (χ1) is 9.77. The van der Waals surface area contributed by atoms with E-state index in [0.29, 0.717) is 38.2 Å². The van der Waals surface area contributed by atoms with Crippen LogP contribution in [0.2, 0.25) is 0 Å². The first-order valence-corrected chi connectivity index (χ1v) is 9.16. The largest absolute Gasteiger partial charge is 0.381 e. The van der Waals surface area contributed by atoms with E-state index in [1.165, 1.54) is 0 Å². The molecule has 1 aliphatic rings. The van der Waals surface area contributed by atoms with Gasteiger partial charge in [-0.2, -0.15) is 0 Å². The fraction of sp³-hybridized carbons (Fsp3) is 0.571. The number of benzene rings is 1. The van der Waals surface area contributed by atoms with Crippen LogP contribution in [0.15, 0.2) is 21.5 Å². The van der Waals surface area contributed by atoms with Crippen molar-refractivity contribution in [3.63, 3.8) is 0 Å². The number of sulfonamides is 1. The number of hydrogen-bond acceptors (Lipinski definition) is 4. The summed E-state index contributed by atoms with van der Waals surface area (Å²) in [5.74, 6) is 0. The van der Waals surface area contributed by atoms with Crippen molar-refractivity contribution in [2.24, 2.45) is 5.73 Å². The summed E-state index contributed by atoms with van der Waals surface area (Å²) in [6.07, 6.45) is 1.34. The lowest BCUT2D eigenvalue weighted by atomic mass is 9.94. The molecule has 0 spiro atoms. The summed E-state index contributed by atoms with van der Waals surface area (Å²) in [5, 5.41) is 0. The molecular weight excluding hydrogens is 356 g/mol. The molecule has 0 radical (unpaired) electrons. The maximum Gasteiger partial charge on any atom is 0.241 e. The molecule has 118 valence electrons. The highest BCUT2D eigenvalue weighted by Crippen LogP contribution is 2.28. The summed E-state index contributed by atoms with van der Waals surface area (Å²) in [6.45, 7) is 5.15. The van der Waals surface area contributed by atoms with Gasteiger partial charge in [0.1, 0.15) is 0 Å². The summed E-state index contributed by atoms with van der Waals surface area (Å²) in [5.41, 5.74) is 6.65. The van der Waals surface area contributed by atoms with E-state index in [0.717, 1.165) is 10.0 Å². The molecule has 1 aromatic rings. The van der Waals surface area contributed by atoms with Crippen LogP contribution in [0.1, 0.15) is 30.9 Å². The Hall–Kier alpha value is -0.470. The van der Waals surface area contributed by atoms with Crippen molar-refractivity contribution in [2.45, 2.75) is 43.7 Å². The second-order valence-electron chi connectivity index (χ2n) is 5.68. The van der Waals surface area contributed by atoms with Crippen molar-refractivity contribution in [1.29, 1.82) is 0 Å². The van der Waals surface area contributed by atoms with Crippen LogP contribution in [-0.2, 0) is 21.3 Å². The zero-order chi connectivity index (χ0) is 15.7. The number of hydrogen-bond donors (Lipinski definition) is 2. The van der Waals surface area contributed by atoms with E-state index < -0.39 is 15.6 Å². The predicted molar refractivity (Wildman–Crippen MR) is 85.5 cm³/mol. The van der Waals surface area contributed by atoms with Crippen molar-refractivity contribution in [3.8, 4) is 0 Å². The molecule has 1 saturated heterocycles. The summed E-state index contributed by atoms with van der Waals surface area (Å²) >= 11 is 3.40. The smallest absolute Gasteiger partial charge is 0.241 e. The van der Waals surface area contributed by atoms with Crippen molar-refractivity contribution < 1.29 is 13.2 Å². The fourth-order valence-corrected chi connectivity index (χ4v) is 4.83. The number of ether oxygens (including phenoxy) is 1. The van der Waals surface area contributed by atoms with Gasteiger partial charge in [-0.1, -0.05) is 15.9 Å². The fourth-order valence-electron chi connectivity index (χ4n) is 2.41. The number of halogens is 1. The topological polar surface area (TPSA) is 81.4 Å². The van der Waals surface area contributed by atoms with E-state index in [4.69, 9.17) is 10.5 Å². The van der Waals surface area contributed by atoms with Gasteiger partial charge < -0.3 is 10.5 Å². The molecular formula is C14H21BrN2O3S. The third-order valence-corrected chi connectivity index (χ3v) is 6.45. The van der Waals surface area contributed by atoms with Crippen molar-refractivity contribution in [1.82, 2.24) is 4.72 Å². The Balaban J connectivity index is 2.37. The molecule has 2 rings (SSSR count). The molecule has 0 bridgehead atoms. The van der Waals surface area contributed by atoms with Gasteiger partial charge in [-0.25, -0.2) is 13.1 Å². The highest BCUT2D eigenvalue weighted by atomic mass is 79.9. The van der Waals surface area contributed by atoms with Crippen LogP contribution in [0.5, 0.6) is 0 Å². The van der Waals surface area contributed by atoms with Gasteiger partial charge in [0, 0.05) is 29.8 Å². The highest BCUT2D eigenvalue weighted by Gasteiger charge is 2.33. The number of nitrogens with one attached hydrogen (secondary N) is 1. The Morgan fingerprint density at radius 2 is 2.00 bits per heavy atom. The lowest BCUT2D eigenvalue weighted by molar-refractivity contribution is 0.0537. The first-order valence-electron chi connectivity index (χ1n) is 6.88. The van der Waals surface area contributed by atoms with Crippen molar-refractivity contribution in [2.75, 3.05) is 13.2 Å². The van der Waals surface area contributed by atoms with Gasteiger partial charge in [0.15, 0.2) is 0 Å². The molecule has 0 aromatic heterocycles. The third-order valence-electron chi connectivity index (χ3n) is 3.86. The minimum absolute atomic E-state index is 0.282. The van der Waals surface area contributed by atoms with Gasteiger partial charge >= 0.3 is 0 Å². The minimum atomic E-state index is -3.60. The maximum absolute atomic E-state index is 12.7. The van der Waals surface area contributed by atoms with E-state index in [-0.39, 0.29) is 4.90 Å². The molecule has 0 saturated carbocycles. The monoisotopic (exact) mass is 376 g/mol. The van der Waals surface area contributed by atoms with Crippen LogP contribution < -0.4 is 10.5 Å². The Kier molecular flexibility index (Phi) is 5.10. The molecule has 0 aliphatic carbocycles. The maximum atomic E-state index is 12.7. The van der Waals surface area contributed by atoms with Gasteiger partial charge in [-0.3, -0.25) is 0 Å². The molecule has 1 heterocycles. The molecule has 1 aliphatic heterocycles. The molecule has 0 amide bonds. The Morgan fingerprint density at radius 3 is 2.57 bits per heavy atom. The van der Waals surface area contributed by atoms with Gasteiger partial charge in [0.25, 0.3) is 0 Å². The Bertz CT molecular complexity index is 625. The minimum Gasteiger partial charge on any atom is -0.381 e. The molecule has 0 unspecified atom stereocenters. The van der Waals surface area contributed by atoms with Crippen LogP contribution in [0, 0.1) is 6.92 Å². The summed E-state index contributed by atoms with van der Waals surface area (Å²) in [6, 6.07) is 3.50. The van der Waals surface area contributed by atoms with Crippen LogP contribution in [0.4, 0.5) is 0 Å². The molecule has 1 fully saturated rings. The normalized spacial score (nSPS) is 18.7. The lowest BCUT2D eigenvalue weighted by Gasteiger charge is -2.34. The standard InChI is InChI=1S/C14H21BrN2O3S/c1-10-12(15)7-11(9-16)8-13(10)21(18,19)17-14(2)3-5-20-6-4-14/h7-8,17H,3-6,9,16H2,1-2H3. The molecule has 7 heteroatoms. The third kappa shape index (κ3) is 3.84. The number of nitrogens with two attached hydrogens (primary N) is 1. The number of rotatable bonds is 4. The zero-order valence-electron chi connectivity index (χ0n) is 12.3. The summed E-state index contributed by atoms with van der Waals surface area (Å²) in [4.78, 5) is 0.282. The van der Waals surface area contributed by atoms with E-state index >= 15 is 0 Å². The van der Waals surface area contributed by atoms with Gasteiger partial charge in [0.2, 0.25) is 10.0 Å². The average molecular weight is 377 g/mol. The molecule has 1 aromatic carbocycles. The van der Waals surface area contributed by atoms with E-state index in [1.54, 1.807) is 13.0 Å². The van der Waals surface area contributed by atoms with Crippen LogP contribution >= 0.6 is 15.9 Å². The Labute approximate surface area is 134 Å². The van der Waals surface area contributed by atoms with Gasteiger partial charge in [0.05, 0.1) is 4.90 Å². The second kappa shape index (κ2) is 6.34. The highest BCUT2D eigenvalue weighted by molar-refractivity contribution is 9.10. The summed E-state index contributed by atoms with van der Waals surface area (Å²) < 4.78 is 34.4. The lowest BCUT2D eigenvalue weighted by Crippen LogP contribution is -2.49. The molecule has 21 heavy (non-hydrogen) atoms. The van der Waals surface area contributed by atoms with E-state index in [9.17, 15) is 8.42 Å². The molecule has 0 atom stereocenters. The molecule has 5 nitrogen and oxygen atoms in total. The molecule has 3 N–H and O–H groups in total. The Morgan fingerprint density at radius 1 is 1.38 bits per heavy atom. The summed E-state index contributed by atoms with van der Waals surface area (Å²) in [7, 11) is -3.60. The first kappa shape index (κ1) is 16.9. The van der Waals surface area contributed by atoms with E-state index in [1.807, 2.05) is 13.0 Å². The van der Waals surface area contributed by atoms with Gasteiger partial charge in [-0.05, 0) is 49.9 Å². The second-order valence-corrected chi connectivity index (χ2v) is 8.19. The van der Waals surface area contributed by atoms with Crippen LogP contribution in [0.25, 0.3) is 0 Å².